The zero-order valence-electron chi connectivity index (χ0n) is 27.2. The molecule has 0 aliphatic heterocycles. The molecule has 1 unspecified atom stereocenters. The van der Waals surface area contributed by atoms with Crippen LogP contribution in [0.25, 0.3) is 0 Å². The van der Waals surface area contributed by atoms with Crippen molar-refractivity contribution in [2.24, 2.45) is 0 Å². The van der Waals surface area contributed by atoms with Crippen LogP contribution in [0.2, 0.25) is 10.0 Å². The molecule has 0 radical (unpaired) electrons. The molecule has 1 atom stereocenters. The number of benzene rings is 4. The first-order valence-corrected chi connectivity index (χ1v) is 18.5. The quantitative estimate of drug-likeness (QED) is 0.162. The maximum atomic E-state index is 14.7. The van der Waals surface area contributed by atoms with Crippen LogP contribution in [0.15, 0.2) is 102 Å². The average molecular weight is 707 g/mol. The smallest absolute Gasteiger partial charge is 0.264 e. The van der Waals surface area contributed by atoms with Crippen LogP contribution in [-0.2, 0) is 32.6 Å². The van der Waals surface area contributed by atoms with Crippen LogP contribution in [-0.4, -0.2) is 43.8 Å². The molecule has 5 rings (SSSR count). The van der Waals surface area contributed by atoms with Crippen molar-refractivity contribution in [1.29, 1.82) is 0 Å². The van der Waals surface area contributed by atoms with Crippen LogP contribution in [0, 0.1) is 13.8 Å². The Balaban J connectivity index is 1.58. The molecule has 2 amide bonds. The number of hydrogen-bond acceptors (Lipinski definition) is 4. The Labute approximate surface area is 293 Å². The third-order valence-corrected chi connectivity index (χ3v) is 11.4. The molecule has 252 valence electrons. The van der Waals surface area contributed by atoms with Gasteiger partial charge in [0.05, 0.1) is 10.6 Å². The first kappa shape index (κ1) is 35.5. The van der Waals surface area contributed by atoms with Crippen LogP contribution in [0.4, 0.5) is 5.69 Å². The molecule has 1 fully saturated rings. The van der Waals surface area contributed by atoms with Crippen LogP contribution in [0.3, 0.4) is 0 Å². The van der Waals surface area contributed by atoms with E-state index in [1.807, 2.05) is 56.3 Å². The zero-order chi connectivity index (χ0) is 34.3. The lowest BCUT2D eigenvalue weighted by molar-refractivity contribution is -0.140. The maximum absolute atomic E-state index is 14.7. The Bertz CT molecular complexity index is 1830. The van der Waals surface area contributed by atoms with Gasteiger partial charge in [0, 0.05) is 29.1 Å². The van der Waals surface area contributed by atoms with Crippen LogP contribution in [0.5, 0.6) is 0 Å². The van der Waals surface area contributed by atoms with Gasteiger partial charge in [-0.05, 0) is 73.7 Å². The summed E-state index contributed by atoms with van der Waals surface area (Å²) >= 11 is 13.1. The summed E-state index contributed by atoms with van der Waals surface area (Å²) in [6, 6.07) is 27.1. The van der Waals surface area contributed by atoms with Crippen molar-refractivity contribution in [1.82, 2.24) is 10.2 Å². The Hall–Kier alpha value is -3.85. The topological polar surface area (TPSA) is 86.8 Å². The Morgan fingerprint density at radius 2 is 1.50 bits per heavy atom. The largest absolute Gasteiger partial charge is 0.352 e. The van der Waals surface area contributed by atoms with Gasteiger partial charge in [0.2, 0.25) is 11.8 Å². The third kappa shape index (κ3) is 8.78. The predicted molar refractivity (Wildman–Crippen MR) is 193 cm³/mol. The van der Waals surface area contributed by atoms with E-state index in [4.69, 9.17) is 23.2 Å². The van der Waals surface area contributed by atoms with Crippen molar-refractivity contribution in [3.8, 4) is 0 Å². The fourth-order valence-electron chi connectivity index (χ4n) is 6.01. The highest BCUT2D eigenvalue weighted by atomic mass is 35.5. The number of carbonyl (C=O) groups is 2. The number of hydrogen-bond donors (Lipinski definition) is 1. The zero-order valence-corrected chi connectivity index (χ0v) is 29.6. The van der Waals surface area contributed by atoms with Crippen LogP contribution in [0.1, 0.15) is 54.4 Å². The van der Waals surface area contributed by atoms with Crippen LogP contribution < -0.4 is 9.62 Å². The summed E-state index contributed by atoms with van der Waals surface area (Å²) in [5, 5.41) is 4.03. The van der Waals surface area contributed by atoms with Crippen molar-refractivity contribution < 1.29 is 18.0 Å². The van der Waals surface area contributed by atoms with Gasteiger partial charge in [0.25, 0.3) is 10.0 Å². The van der Waals surface area contributed by atoms with Gasteiger partial charge in [0.1, 0.15) is 12.6 Å². The lowest BCUT2D eigenvalue weighted by Gasteiger charge is -2.35. The van der Waals surface area contributed by atoms with Crippen molar-refractivity contribution in [2.75, 3.05) is 10.8 Å². The van der Waals surface area contributed by atoms with E-state index < -0.39 is 28.5 Å². The molecule has 4 aromatic carbocycles. The summed E-state index contributed by atoms with van der Waals surface area (Å²) in [5.74, 6) is -0.834. The average Bonchev–Trinajstić information content (AvgIpc) is 3.08. The van der Waals surface area contributed by atoms with Gasteiger partial charge < -0.3 is 10.2 Å². The molecule has 10 heteroatoms. The Morgan fingerprint density at radius 3 is 2.17 bits per heavy atom. The van der Waals surface area contributed by atoms with Gasteiger partial charge in [-0.1, -0.05) is 115 Å². The maximum Gasteiger partial charge on any atom is 0.264 e. The monoisotopic (exact) mass is 705 g/mol. The number of aryl methyl sites for hydroxylation is 2. The van der Waals surface area contributed by atoms with E-state index in [0.29, 0.717) is 15.6 Å². The highest BCUT2D eigenvalue weighted by molar-refractivity contribution is 7.92. The minimum absolute atomic E-state index is 0.00116. The molecule has 0 saturated heterocycles. The second kappa shape index (κ2) is 16.0. The molecule has 4 aromatic rings. The minimum atomic E-state index is -4.24. The summed E-state index contributed by atoms with van der Waals surface area (Å²) in [4.78, 5) is 30.5. The first-order chi connectivity index (χ1) is 23.0. The number of anilines is 1. The predicted octanol–water partition coefficient (Wildman–Crippen LogP) is 7.89. The number of nitrogens with zero attached hydrogens (tertiary/aromatic N) is 2. The van der Waals surface area contributed by atoms with Gasteiger partial charge in [0.15, 0.2) is 0 Å². The summed E-state index contributed by atoms with van der Waals surface area (Å²) in [6.07, 6.45) is 5.17. The van der Waals surface area contributed by atoms with E-state index in [2.05, 4.69) is 5.32 Å². The molecule has 1 aliphatic rings. The van der Waals surface area contributed by atoms with E-state index in [9.17, 15) is 18.0 Å². The lowest BCUT2D eigenvalue weighted by Crippen LogP contribution is -2.55. The number of carbonyl (C=O) groups excluding carboxylic acids is 2. The van der Waals surface area contributed by atoms with Crippen molar-refractivity contribution >= 4 is 50.7 Å². The molecular weight excluding hydrogens is 665 g/mol. The first-order valence-electron chi connectivity index (χ1n) is 16.3. The molecule has 0 aromatic heterocycles. The highest BCUT2D eigenvalue weighted by Gasteiger charge is 2.35. The van der Waals surface area contributed by atoms with Gasteiger partial charge in [-0.2, -0.15) is 0 Å². The SMILES string of the molecule is Cc1ccc(S(=O)(=O)N(CC(=O)N(Cc2ccccc2Cl)C(Cc2ccccc2)C(=O)NC2CCCCC2)c2ccc(C)c(Cl)c2)cc1. The minimum Gasteiger partial charge on any atom is -0.352 e. The lowest BCUT2D eigenvalue weighted by atomic mass is 9.94. The molecule has 0 spiro atoms. The molecule has 1 saturated carbocycles. The molecule has 7 nitrogen and oxygen atoms in total. The fraction of sp³-hybridized carbons (Fsp3) is 0.316. The normalized spacial score (nSPS) is 14.2. The summed E-state index contributed by atoms with van der Waals surface area (Å²) in [6.45, 7) is 3.12. The number of sulfonamides is 1. The summed E-state index contributed by atoms with van der Waals surface area (Å²) in [7, 11) is -4.24. The third-order valence-electron chi connectivity index (χ3n) is 8.85. The Morgan fingerprint density at radius 1 is 0.833 bits per heavy atom. The van der Waals surface area contributed by atoms with Crippen molar-refractivity contribution in [3.63, 3.8) is 0 Å². The number of rotatable bonds is 12. The van der Waals surface area contributed by atoms with Gasteiger partial charge in [-0.25, -0.2) is 8.42 Å². The van der Waals surface area contributed by atoms with E-state index in [-0.39, 0.29) is 35.5 Å². The van der Waals surface area contributed by atoms with E-state index in [1.54, 1.807) is 42.5 Å². The van der Waals surface area contributed by atoms with E-state index >= 15 is 0 Å². The standard InChI is InChI=1S/C38H41Cl2N3O4S/c1-27-17-21-33(22-18-27)48(46,47)43(32-20-19-28(2)35(40)24-32)26-37(44)42(25-30-13-9-10-16-34(30)39)36(23-29-11-5-3-6-12-29)38(45)41-31-14-7-4-8-15-31/h3,5-6,9-13,16-22,24,31,36H,4,7-8,14-15,23,25-26H2,1-2H3,(H,41,45). The highest BCUT2D eigenvalue weighted by Crippen LogP contribution is 2.30. The van der Waals surface area contributed by atoms with Crippen molar-refractivity contribution in [2.45, 2.75) is 75.9 Å². The second-order valence-corrected chi connectivity index (χ2v) is 15.1. The number of halogens is 2. The Kier molecular flexibility index (Phi) is 11.8. The molecule has 1 aliphatic carbocycles. The van der Waals surface area contributed by atoms with Crippen molar-refractivity contribution in [3.05, 3.63) is 129 Å². The van der Waals surface area contributed by atoms with Gasteiger partial charge in [-0.3, -0.25) is 13.9 Å². The van der Waals surface area contributed by atoms with E-state index in [0.717, 1.165) is 53.1 Å². The molecule has 1 N–H and O–H groups in total. The molecule has 0 bridgehead atoms. The summed E-state index contributed by atoms with van der Waals surface area (Å²) in [5.41, 5.74) is 3.41. The summed E-state index contributed by atoms with van der Waals surface area (Å²) < 4.78 is 29.6. The van der Waals surface area contributed by atoms with Crippen LogP contribution >= 0.6 is 23.2 Å². The van der Waals surface area contributed by atoms with E-state index in [1.165, 1.54) is 17.0 Å². The fourth-order valence-corrected chi connectivity index (χ4v) is 7.79. The molecule has 48 heavy (non-hydrogen) atoms. The number of amides is 2. The number of nitrogens with one attached hydrogen (secondary N) is 1. The van der Waals surface area contributed by atoms with Gasteiger partial charge in [-0.15, -0.1) is 0 Å². The molecular formula is C38H41Cl2N3O4S. The second-order valence-electron chi connectivity index (χ2n) is 12.4. The van der Waals surface area contributed by atoms with Gasteiger partial charge >= 0.3 is 0 Å². The molecule has 0 heterocycles.